The molecular formula is C20H21BrN2O3S. The first kappa shape index (κ1) is 18.5. The molecule has 0 aromatic heterocycles. The topological polar surface area (TPSA) is 57.7 Å². The fourth-order valence-electron chi connectivity index (χ4n) is 3.58. The molecule has 5 nitrogen and oxygen atoms in total. The van der Waals surface area contributed by atoms with Crippen molar-refractivity contribution in [2.24, 2.45) is 5.92 Å². The van der Waals surface area contributed by atoms with Gasteiger partial charge in [-0.1, -0.05) is 15.9 Å². The number of rotatable bonds is 4. The molecule has 0 bridgehead atoms. The van der Waals surface area contributed by atoms with E-state index in [0.717, 1.165) is 28.6 Å². The third-order valence-corrected chi connectivity index (χ3v) is 7.59. The summed E-state index contributed by atoms with van der Waals surface area (Å²) in [5.41, 5.74) is 2.36. The summed E-state index contributed by atoms with van der Waals surface area (Å²) in [5.74, 6) is 0.314. The van der Waals surface area contributed by atoms with Crippen LogP contribution in [0.15, 0.2) is 51.8 Å². The van der Waals surface area contributed by atoms with Crippen LogP contribution in [0, 0.1) is 5.92 Å². The van der Waals surface area contributed by atoms with Crippen molar-refractivity contribution < 1.29 is 13.2 Å². The molecule has 0 N–H and O–H groups in total. The lowest BCUT2D eigenvalue weighted by atomic mass is 10.1. The average molecular weight is 449 g/mol. The highest BCUT2D eigenvalue weighted by atomic mass is 79.9. The smallest absolute Gasteiger partial charge is 0.264 e. The number of amides is 1. The molecule has 0 radical (unpaired) electrons. The van der Waals surface area contributed by atoms with Gasteiger partial charge in [0.1, 0.15) is 0 Å². The third kappa shape index (κ3) is 3.27. The number of halogens is 1. The van der Waals surface area contributed by atoms with E-state index in [1.54, 1.807) is 37.4 Å². The van der Waals surface area contributed by atoms with Gasteiger partial charge in [0.25, 0.3) is 10.0 Å². The molecular weight excluding hydrogens is 428 g/mol. The Morgan fingerprint density at radius 2 is 1.81 bits per heavy atom. The van der Waals surface area contributed by atoms with Crippen LogP contribution < -0.4 is 9.21 Å². The van der Waals surface area contributed by atoms with Crippen LogP contribution in [0.5, 0.6) is 0 Å². The van der Waals surface area contributed by atoms with E-state index in [2.05, 4.69) is 15.9 Å². The molecule has 142 valence electrons. The zero-order valence-corrected chi connectivity index (χ0v) is 17.6. The second-order valence-corrected chi connectivity index (χ2v) is 10.2. The van der Waals surface area contributed by atoms with Crippen LogP contribution >= 0.6 is 15.9 Å². The first-order valence-electron chi connectivity index (χ1n) is 8.99. The van der Waals surface area contributed by atoms with Gasteiger partial charge in [-0.2, -0.15) is 0 Å². The Morgan fingerprint density at radius 1 is 1.15 bits per heavy atom. The quantitative estimate of drug-likeness (QED) is 0.710. The molecule has 1 fully saturated rings. The normalized spacial score (nSPS) is 19.1. The fourth-order valence-corrected chi connectivity index (χ4v) is 5.09. The SMILES string of the molecule is C[C@@H]1Cc2cc(S(=O)(=O)N(C)c3ccc(Br)cc3)ccc2N1C(=O)C1CC1. The monoisotopic (exact) mass is 448 g/mol. The zero-order valence-electron chi connectivity index (χ0n) is 15.2. The molecule has 2 aromatic carbocycles. The van der Waals surface area contributed by atoms with Crippen LogP contribution in [0.2, 0.25) is 0 Å². The number of anilines is 2. The summed E-state index contributed by atoms with van der Waals surface area (Å²) >= 11 is 3.36. The van der Waals surface area contributed by atoms with Crippen molar-refractivity contribution in [1.29, 1.82) is 0 Å². The van der Waals surface area contributed by atoms with Gasteiger partial charge in [0.2, 0.25) is 5.91 Å². The number of carbonyl (C=O) groups excluding carboxylic acids is 1. The van der Waals surface area contributed by atoms with Gasteiger partial charge in [0.15, 0.2) is 0 Å². The summed E-state index contributed by atoms with van der Waals surface area (Å²) in [6.45, 7) is 2.02. The fraction of sp³-hybridized carbons (Fsp3) is 0.350. The predicted octanol–water partition coefficient (Wildman–Crippen LogP) is 3.96. The maximum atomic E-state index is 13.1. The Hall–Kier alpha value is -1.86. The lowest BCUT2D eigenvalue weighted by molar-refractivity contribution is -0.120. The summed E-state index contributed by atoms with van der Waals surface area (Å²) in [5, 5.41) is 0. The maximum absolute atomic E-state index is 13.1. The lowest BCUT2D eigenvalue weighted by Crippen LogP contribution is -2.36. The summed E-state index contributed by atoms with van der Waals surface area (Å²) in [6, 6.07) is 12.3. The summed E-state index contributed by atoms with van der Waals surface area (Å²) in [6.07, 6.45) is 2.60. The van der Waals surface area contributed by atoms with Gasteiger partial charge in [-0.3, -0.25) is 9.10 Å². The molecule has 0 unspecified atom stereocenters. The van der Waals surface area contributed by atoms with Crippen LogP contribution in [0.25, 0.3) is 0 Å². The molecule has 1 amide bonds. The standard InChI is InChI=1S/C20H21BrN2O3S/c1-13-11-15-12-18(9-10-19(15)23(13)20(24)14-3-4-14)27(25,26)22(2)17-7-5-16(21)6-8-17/h5-10,12-14H,3-4,11H2,1-2H3/t13-/m1/s1. The Morgan fingerprint density at radius 3 is 2.44 bits per heavy atom. The van der Waals surface area contributed by atoms with Gasteiger partial charge in [0.05, 0.1) is 10.6 Å². The van der Waals surface area contributed by atoms with Crippen molar-refractivity contribution in [2.45, 2.75) is 37.1 Å². The van der Waals surface area contributed by atoms with Crippen molar-refractivity contribution in [1.82, 2.24) is 0 Å². The van der Waals surface area contributed by atoms with Crippen LogP contribution in [0.3, 0.4) is 0 Å². The van der Waals surface area contributed by atoms with E-state index in [1.807, 2.05) is 24.0 Å². The van der Waals surface area contributed by atoms with E-state index in [-0.39, 0.29) is 22.8 Å². The Labute approximate surface area is 168 Å². The average Bonchev–Trinajstić information content (AvgIpc) is 3.43. The molecule has 0 saturated heterocycles. The highest BCUT2D eigenvalue weighted by Gasteiger charge is 2.40. The number of sulfonamides is 1. The van der Waals surface area contributed by atoms with Gasteiger partial charge in [-0.25, -0.2) is 8.42 Å². The first-order chi connectivity index (χ1) is 12.8. The largest absolute Gasteiger partial charge is 0.309 e. The number of carbonyl (C=O) groups is 1. The number of hydrogen-bond donors (Lipinski definition) is 0. The molecule has 27 heavy (non-hydrogen) atoms. The van der Waals surface area contributed by atoms with Gasteiger partial charge in [-0.15, -0.1) is 0 Å². The minimum Gasteiger partial charge on any atom is -0.309 e. The Kier molecular flexibility index (Phi) is 4.55. The summed E-state index contributed by atoms with van der Waals surface area (Å²) in [4.78, 5) is 14.7. The highest BCUT2D eigenvalue weighted by molar-refractivity contribution is 9.10. The van der Waals surface area contributed by atoms with E-state index in [0.29, 0.717) is 12.1 Å². The molecule has 4 rings (SSSR count). The van der Waals surface area contributed by atoms with Gasteiger partial charge >= 0.3 is 0 Å². The summed E-state index contributed by atoms with van der Waals surface area (Å²) in [7, 11) is -2.12. The van der Waals surface area contributed by atoms with Gasteiger partial charge < -0.3 is 4.90 Å². The molecule has 2 aromatic rings. The number of benzene rings is 2. The number of fused-ring (bicyclic) bond motifs is 1. The van der Waals surface area contributed by atoms with Gasteiger partial charge in [0, 0.05) is 29.2 Å². The number of hydrogen-bond acceptors (Lipinski definition) is 3. The molecule has 1 aliphatic heterocycles. The lowest BCUT2D eigenvalue weighted by Gasteiger charge is -2.23. The van der Waals surface area contributed by atoms with E-state index < -0.39 is 10.0 Å². The second-order valence-electron chi connectivity index (χ2n) is 7.28. The first-order valence-corrected chi connectivity index (χ1v) is 11.2. The van der Waals surface area contributed by atoms with Crippen LogP contribution in [0.4, 0.5) is 11.4 Å². The maximum Gasteiger partial charge on any atom is 0.264 e. The van der Waals surface area contributed by atoms with E-state index in [1.165, 1.54) is 4.31 Å². The van der Waals surface area contributed by atoms with Crippen molar-refractivity contribution in [3.63, 3.8) is 0 Å². The molecule has 1 saturated carbocycles. The van der Waals surface area contributed by atoms with Crippen molar-refractivity contribution in [3.05, 3.63) is 52.5 Å². The van der Waals surface area contributed by atoms with Gasteiger partial charge in [-0.05, 0) is 74.2 Å². The number of nitrogens with zero attached hydrogens (tertiary/aromatic N) is 2. The van der Waals surface area contributed by atoms with Crippen molar-refractivity contribution in [3.8, 4) is 0 Å². The molecule has 1 aliphatic carbocycles. The highest BCUT2D eigenvalue weighted by Crippen LogP contribution is 2.40. The Bertz CT molecular complexity index is 1000. The molecule has 1 atom stereocenters. The minimum atomic E-state index is -3.67. The molecule has 7 heteroatoms. The minimum absolute atomic E-state index is 0.0651. The van der Waals surface area contributed by atoms with Crippen molar-refractivity contribution in [2.75, 3.05) is 16.3 Å². The molecule has 2 aliphatic rings. The second kappa shape index (κ2) is 6.63. The Balaban J connectivity index is 1.66. The van der Waals surface area contributed by atoms with Crippen molar-refractivity contribution >= 4 is 43.2 Å². The third-order valence-electron chi connectivity index (χ3n) is 5.28. The van der Waals surface area contributed by atoms with E-state index in [4.69, 9.17) is 0 Å². The summed E-state index contributed by atoms with van der Waals surface area (Å²) < 4.78 is 28.3. The molecule has 1 heterocycles. The van der Waals surface area contributed by atoms with Crippen LogP contribution in [-0.2, 0) is 21.2 Å². The van der Waals surface area contributed by atoms with Crippen LogP contribution in [0.1, 0.15) is 25.3 Å². The zero-order chi connectivity index (χ0) is 19.3. The predicted molar refractivity (Wildman–Crippen MR) is 110 cm³/mol. The van der Waals surface area contributed by atoms with E-state index >= 15 is 0 Å². The van der Waals surface area contributed by atoms with Crippen LogP contribution in [-0.4, -0.2) is 27.4 Å². The van der Waals surface area contributed by atoms with E-state index in [9.17, 15) is 13.2 Å². The molecule has 0 spiro atoms.